The Bertz CT molecular complexity index is 418. The summed E-state index contributed by atoms with van der Waals surface area (Å²) >= 11 is 0. The fourth-order valence-corrected chi connectivity index (χ4v) is 4.71. The van der Waals surface area contributed by atoms with Crippen LogP contribution in [0.1, 0.15) is 52.4 Å². The Kier molecular flexibility index (Phi) is 9.33. The standard InChI is InChI=1S/C15H31N3O3S.ClH/c1-13-11-18(12-14(2)21-13)22(19,20)17-10-9-16-15-7-5-3-4-6-8-15;/h13-17H,3-12H2,1-2H3;1H. The number of nitrogens with zero attached hydrogens (tertiary/aromatic N) is 1. The van der Waals surface area contributed by atoms with E-state index >= 15 is 0 Å². The molecule has 0 bridgehead atoms. The molecule has 1 saturated carbocycles. The number of morpholine rings is 1. The Balaban J connectivity index is 0.00000264. The van der Waals surface area contributed by atoms with E-state index in [1.54, 1.807) is 0 Å². The molecule has 8 heteroatoms. The Labute approximate surface area is 147 Å². The summed E-state index contributed by atoms with van der Waals surface area (Å²) in [5, 5.41) is 3.48. The van der Waals surface area contributed by atoms with Gasteiger partial charge in [-0.25, -0.2) is 4.72 Å². The van der Waals surface area contributed by atoms with Gasteiger partial charge in [0, 0.05) is 32.2 Å². The number of hydrogen-bond acceptors (Lipinski definition) is 4. The molecule has 0 amide bonds. The second-order valence-corrected chi connectivity index (χ2v) is 8.37. The number of nitrogens with one attached hydrogen (secondary N) is 2. The van der Waals surface area contributed by atoms with Gasteiger partial charge < -0.3 is 10.1 Å². The molecule has 2 fully saturated rings. The third-order valence-electron chi connectivity index (χ3n) is 4.42. The zero-order valence-electron chi connectivity index (χ0n) is 14.3. The van der Waals surface area contributed by atoms with Crippen molar-refractivity contribution in [3.63, 3.8) is 0 Å². The summed E-state index contributed by atoms with van der Waals surface area (Å²) in [6.45, 7) is 5.81. The van der Waals surface area contributed by atoms with Crippen molar-refractivity contribution in [3.05, 3.63) is 0 Å². The quantitative estimate of drug-likeness (QED) is 0.552. The van der Waals surface area contributed by atoms with E-state index in [0.717, 1.165) is 0 Å². The average Bonchev–Trinajstić information content (AvgIpc) is 2.71. The topological polar surface area (TPSA) is 70.7 Å². The predicted octanol–water partition coefficient (Wildman–Crippen LogP) is 1.66. The third-order valence-corrected chi connectivity index (χ3v) is 5.97. The molecule has 1 aliphatic carbocycles. The molecule has 1 aliphatic heterocycles. The highest BCUT2D eigenvalue weighted by atomic mass is 35.5. The van der Waals surface area contributed by atoms with E-state index in [1.807, 2.05) is 13.8 Å². The third kappa shape index (κ3) is 7.23. The predicted molar refractivity (Wildman–Crippen MR) is 95.2 cm³/mol. The second kappa shape index (κ2) is 10.2. The molecule has 0 aromatic carbocycles. The van der Waals surface area contributed by atoms with Gasteiger partial charge in [0.2, 0.25) is 0 Å². The highest BCUT2D eigenvalue weighted by Gasteiger charge is 2.30. The lowest BCUT2D eigenvalue weighted by molar-refractivity contribution is -0.0443. The molecule has 6 nitrogen and oxygen atoms in total. The van der Waals surface area contributed by atoms with Crippen molar-refractivity contribution in [2.75, 3.05) is 26.2 Å². The molecule has 0 aromatic rings. The van der Waals surface area contributed by atoms with Crippen LogP contribution in [0.5, 0.6) is 0 Å². The van der Waals surface area contributed by atoms with Gasteiger partial charge in [-0.3, -0.25) is 0 Å². The van der Waals surface area contributed by atoms with Gasteiger partial charge in [0.25, 0.3) is 10.2 Å². The molecule has 2 rings (SSSR count). The lowest BCUT2D eigenvalue weighted by Crippen LogP contribution is -2.52. The van der Waals surface area contributed by atoms with E-state index in [-0.39, 0.29) is 24.6 Å². The number of rotatable bonds is 6. The molecule has 0 aromatic heterocycles. The largest absolute Gasteiger partial charge is 0.373 e. The van der Waals surface area contributed by atoms with E-state index in [9.17, 15) is 8.42 Å². The van der Waals surface area contributed by atoms with Gasteiger partial charge >= 0.3 is 0 Å². The molecule has 2 atom stereocenters. The SMILES string of the molecule is CC1CN(S(=O)(=O)NCCNC2CCCCCC2)CC(C)O1.Cl. The second-order valence-electron chi connectivity index (χ2n) is 6.62. The summed E-state index contributed by atoms with van der Waals surface area (Å²) in [7, 11) is -3.40. The van der Waals surface area contributed by atoms with Crippen molar-refractivity contribution < 1.29 is 13.2 Å². The van der Waals surface area contributed by atoms with Crippen molar-refractivity contribution in [3.8, 4) is 0 Å². The van der Waals surface area contributed by atoms with Crippen LogP contribution in [-0.4, -0.2) is 57.2 Å². The summed E-state index contributed by atoms with van der Waals surface area (Å²) in [5.41, 5.74) is 0. The van der Waals surface area contributed by atoms with Crippen LogP contribution >= 0.6 is 12.4 Å². The average molecular weight is 370 g/mol. The molecule has 23 heavy (non-hydrogen) atoms. The van der Waals surface area contributed by atoms with Crippen molar-refractivity contribution >= 4 is 22.6 Å². The molecule has 0 spiro atoms. The van der Waals surface area contributed by atoms with Crippen LogP contribution in [0.2, 0.25) is 0 Å². The maximum absolute atomic E-state index is 12.3. The minimum atomic E-state index is -3.40. The summed E-state index contributed by atoms with van der Waals surface area (Å²) in [6, 6.07) is 0.551. The molecule has 2 N–H and O–H groups in total. The van der Waals surface area contributed by atoms with E-state index in [2.05, 4.69) is 10.0 Å². The zero-order chi connectivity index (χ0) is 16.0. The normalized spacial score (nSPS) is 28.1. The maximum Gasteiger partial charge on any atom is 0.279 e. The highest BCUT2D eigenvalue weighted by Crippen LogP contribution is 2.17. The van der Waals surface area contributed by atoms with Gasteiger partial charge in [0.05, 0.1) is 12.2 Å². The van der Waals surface area contributed by atoms with Gasteiger partial charge in [0.1, 0.15) is 0 Å². The Morgan fingerprint density at radius 1 is 1.00 bits per heavy atom. The van der Waals surface area contributed by atoms with Gasteiger partial charge in [-0.2, -0.15) is 12.7 Å². The van der Waals surface area contributed by atoms with Crippen LogP contribution in [0.15, 0.2) is 0 Å². The van der Waals surface area contributed by atoms with Crippen LogP contribution in [0.4, 0.5) is 0 Å². The minimum Gasteiger partial charge on any atom is -0.373 e. The lowest BCUT2D eigenvalue weighted by Gasteiger charge is -2.34. The van der Waals surface area contributed by atoms with Crippen molar-refractivity contribution in [1.82, 2.24) is 14.3 Å². The summed E-state index contributed by atoms with van der Waals surface area (Å²) in [4.78, 5) is 0. The molecule has 2 aliphatic rings. The van der Waals surface area contributed by atoms with Crippen LogP contribution in [-0.2, 0) is 14.9 Å². The molecule has 1 heterocycles. The van der Waals surface area contributed by atoms with Crippen molar-refractivity contribution in [1.29, 1.82) is 0 Å². The van der Waals surface area contributed by atoms with Crippen LogP contribution in [0.3, 0.4) is 0 Å². The number of hydrogen-bond donors (Lipinski definition) is 2. The summed E-state index contributed by atoms with van der Waals surface area (Å²) < 4.78 is 34.4. The van der Waals surface area contributed by atoms with E-state index in [1.165, 1.54) is 42.8 Å². The first-order valence-electron chi connectivity index (χ1n) is 8.61. The fourth-order valence-electron chi connectivity index (χ4n) is 3.36. The van der Waals surface area contributed by atoms with Crippen LogP contribution < -0.4 is 10.0 Å². The zero-order valence-corrected chi connectivity index (χ0v) is 15.9. The smallest absolute Gasteiger partial charge is 0.279 e. The van der Waals surface area contributed by atoms with Crippen LogP contribution in [0, 0.1) is 0 Å². The Morgan fingerprint density at radius 2 is 1.57 bits per heavy atom. The monoisotopic (exact) mass is 369 g/mol. The van der Waals surface area contributed by atoms with E-state index in [4.69, 9.17) is 4.74 Å². The fraction of sp³-hybridized carbons (Fsp3) is 1.00. The number of halogens is 1. The van der Waals surface area contributed by atoms with Crippen molar-refractivity contribution in [2.45, 2.75) is 70.6 Å². The van der Waals surface area contributed by atoms with Crippen molar-refractivity contribution in [2.24, 2.45) is 0 Å². The lowest BCUT2D eigenvalue weighted by atomic mass is 10.1. The maximum atomic E-state index is 12.3. The first-order valence-corrected chi connectivity index (χ1v) is 10.0. The molecule has 1 saturated heterocycles. The molecule has 0 radical (unpaired) electrons. The molecular weight excluding hydrogens is 338 g/mol. The number of ether oxygens (including phenoxy) is 1. The summed E-state index contributed by atoms with van der Waals surface area (Å²) in [6.07, 6.45) is 7.56. The minimum absolute atomic E-state index is 0. The molecular formula is C15H32ClN3O3S. The van der Waals surface area contributed by atoms with Gasteiger partial charge in [-0.05, 0) is 26.7 Å². The first kappa shape index (κ1) is 21.1. The molecule has 138 valence electrons. The van der Waals surface area contributed by atoms with E-state index in [0.29, 0.717) is 32.2 Å². The Hall–Kier alpha value is 0.0800. The van der Waals surface area contributed by atoms with E-state index < -0.39 is 10.2 Å². The Morgan fingerprint density at radius 3 is 2.13 bits per heavy atom. The van der Waals surface area contributed by atoms with Gasteiger partial charge in [-0.1, -0.05) is 25.7 Å². The molecule has 2 unspecified atom stereocenters. The van der Waals surface area contributed by atoms with Gasteiger partial charge in [-0.15, -0.1) is 12.4 Å². The van der Waals surface area contributed by atoms with Gasteiger partial charge in [0.15, 0.2) is 0 Å². The van der Waals surface area contributed by atoms with Crippen LogP contribution in [0.25, 0.3) is 0 Å². The summed E-state index contributed by atoms with van der Waals surface area (Å²) in [5.74, 6) is 0. The first-order chi connectivity index (χ1) is 10.5. The highest BCUT2D eigenvalue weighted by molar-refractivity contribution is 7.87.